The second kappa shape index (κ2) is 5.58. The van der Waals surface area contributed by atoms with Crippen LogP contribution in [-0.2, 0) is 11.2 Å². The molecule has 6 nitrogen and oxygen atoms in total. The number of nitrogens with zero attached hydrogens (tertiary/aromatic N) is 1. The summed E-state index contributed by atoms with van der Waals surface area (Å²) in [4.78, 5) is 20.2. The van der Waals surface area contributed by atoms with Crippen LogP contribution in [0.3, 0.4) is 0 Å². The van der Waals surface area contributed by atoms with Crippen molar-refractivity contribution in [2.24, 2.45) is 0 Å². The standard InChI is InChI=1S/C9H6ClF2NO5/c10-5-1-4(2-8(14)15)7(18-9(11)12)3-6(5)13(16)17/h1,3,9H,2H2,(H,14,15). The smallest absolute Gasteiger partial charge is 0.387 e. The predicted octanol–water partition coefficient (Wildman–Crippen LogP) is 2.48. The number of carbonyl (C=O) groups is 1. The summed E-state index contributed by atoms with van der Waals surface area (Å²) in [6, 6.07) is 1.60. The Balaban J connectivity index is 3.27. The molecular weight excluding hydrogens is 276 g/mol. The Labute approximate surface area is 104 Å². The van der Waals surface area contributed by atoms with Crippen LogP contribution in [0.2, 0.25) is 5.02 Å². The maximum atomic E-state index is 12.1. The van der Waals surface area contributed by atoms with E-state index in [1.165, 1.54) is 0 Å². The number of carboxylic acids is 1. The summed E-state index contributed by atoms with van der Waals surface area (Å²) in [5.41, 5.74) is -0.806. The van der Waals surface area contributed by atoms with Gasteiger partial charge in [-0.25, -0.2) is 0 Å². The second-order valence-corrected chi connectivity index (χ2v) is 3.52. The van der Waals surface area contributed by atoms with Crippen molar-refractivity contribution >= 4 is 23.3 Å². The Morgan fingerprint density at radius 3 is 2.61 bits per heavy atom. The highest BCUT2D eigenvalue weighted by atomic mass is 35.5. The fraction of sp³-hybridized carbons (Fsp3) is 0.222. The number of hydrogen-bond acceptors (Lipinski definition) is 4. The first kappa shape index (κ1) is 14.1. The van der Waals surface area contributed by atoms with Crippen molar-refractivity contribution in [3.63, 3.8) is 0 Å². The van der Waals surface area contributed by atoms with Crippen molar-refractivity contribution in [3.05, 3.63) is 32.8 Å². The molecule has 1 N–H and O–H groups in total. The molecule has 0 radical (unpaired) electrons. The van der Waals surface area contributed by atoms with E-state index in [-0.39, 0.29) is 10.6 Å². The molecule has 0 unspecified atom stereocenters. The van der Waals surface area contributed by atoms with E-state index in [2.05, 4.69) is 4.74 Å². The first-order valence-corrected chi connectivity index (χ1v) is 4.82. The molecule has 0 saturated carbocycles. The summed E-state index contributed by atoms with van der Waals surface area (Å²) in [5, 5.41) is 18.8. The molecule has 18 heavy (non-hydrogen) atoms. The van der Waals surface area contributed by atoms with E-state index in [0.717, 1.165) is 6.07 Å². The molecule has 0 heterocycles. The van der Waals surface area contributed by atoms with E-state index in [4.69, 9.17) is 16.7 Å². The summed E-state index contributed by atoms with van der Waals surface area (Å²) in [6.07, 6.45) is -0.639. The number of halogens is 3. The van der Waals surface area contributed by atoms with Gasteiger partial charge in [0.15, 0.2) is 0 Å². The van der Waals surface area contributed by atoms with Crippen LogP contribution in [0.15, 0.2) is 12.1 Å². The molecule has 1 aromatic carbocycles. The van der Waals surface area contributed by atoms with Gasteiger partial charge in [0.1, 0.15) is 10.8 Å². The van der Waals surface area contributed by atoms with Crippen molar-refractivity contribution < 1.29 is 28.3 Å². The summed E-state index contributed by atoms with van der Waals surface area (Å²) < 4.78 is 28.2. The minimum atomic E-state index is -3.22. The maximum Gasteiger partial charge on any atom is 0.387 e. The van der Waals surface area contributed by atoms with Crippen LogP contribution in [0.4, 0.5) is 14.5 Å². The first-order valence-electron chi connectivity index (χ1n) is 4.44. The Morgan fingerprint density at radius 1 is 1.56 bits per heavy atom. The summed E-state index contributed by atoms with van der Waals surface area (Å²) in [6.45, 7) is -3.22. The van der Waals surface area contributed by atoms with Crippen LogP contribution in [0, 0.1) is 10.1 Å². The van der Waals surface area contributed by atoms with Crippen molar-refractivity contribution in [1.29, 1.82) is 0 Å². The first-order chi connectivity index (χ1) is 8.31. The molecule has 0 atom stereocenters. The molecule has 0 saturated heterocycles. The zero-order valence-electron chi connectivity index (χ0n) is 8.60. The number of nitro benzene ring substituents is 1. The van der Waals surface area contributed by atoms with Gasteiger partial charge in [-0.05, 0) is 6.07 Å². The third kappa shape index (κ3) is 3.52. The highest BCUT2D eigenvalue weighted by molar-refractivity contribution is 6.32. The average Bonchev–Trinajstić information content (AvgIpc) is 2.19. The Morgan fingerprint density at radius 2 is 2.17 bits per heavy atom. The molecule has 0 spiro atoms. The zero-order chi connectivity index (χ0) is 13.9. The Bertz CT molecular complexity index is 494. The predicted molar refractivity (Wildman–Crippen MR) is 56.1 cm³/mol. The summed E-state index contributed by atoms with van der Waals surface area (Å²) in [7, 11) is 0. The Hall–Kier alpha value is -1.96. The molecule has 9 heteroatoms. The molecule has 0 aliphatic rings. The van der Waals surface area contributed by atoms with Crippen LogP contribution in [-0.4, -0.2) is 22.6 Å². The van der Waals surface area contributed by atoms with Crippen molar-refractivity contribution in [2.75, 3.05) is 0 Å². The van der Waals surface area contributed by atoms with E-state index in [1.54, 1.807) is 0 Å². The van der Waals surface area contributed by atoms with Crippen LogP contribution in [0.5, 0.6) is 5.75 Å². The number of aliphatic carboxylic acids is 1. The number of rotatable bonds is 5. The van der Waals surface area contributed by atoms with Gasteiger partial charge in [0, 0.05) is 5.56 Å². The molecule has 0 amide bonds. The molecule has 0 bridgehead atoms. The van der Waals surface area contributed by atoms with E-state index in [0.29, 0.717) is 6.07 Å². The third-order valence-electron chi connectivity index (χ3n) is 1.88. The maximum absolute atomic E-state index is 12.1. The van der Waals surface area contributed by atoms with Crippen molar-refractivity contribution in [2.45, 2.75) is 13.0 Å². The van der Waals surface area contributed by atoms with Gasteiger partial charge < -0.3 is 9.84 Å². The minimum Gasteiger partial charge on any atom is -0.481 e. The van der Waals surface area contributed by atoms with Gasteiger partial charge >= 0.3 is 12.6 Å². The van der Waals surface area contributed by atoms with Gasteiger partial charge in [0.2, 0.25) is 0 Å². The average molecular weight is 282 g/mol. The number of ether oxygens (including phenoxy) is 1. The van der Waals surface area contributed by atoms with Crippen molar-refractivity contribution in [3.8, 4) is 5.75 Å². The lowest BCUT2D eigenvalue weighted by Crippen LogP contribution is -2.08. The molecule has 0 aliphatic heterocycles. The quantitative estimate of drug-likeness (QED) is 0.661. The molecule has 98 valence electrons. The zero-order valence-corrected chi connectivity index (χ0v) is 9.36. The van der Waals surface area contributed by atoms with Gasteiger partial charge in [-0.3, -0.25) is 14.9 Å². The van der Waals surface area contributed by atoms with Gasteiger partial charge in [-0.2, -0.15) is 8.78 Å². The highest BCUT2D eigenvalue weighted by Gasteiger charge is 2.21. The van der Waals surface area contributed by atoms with Crippen LogP contribution in [0.25, 0.3) is 0 Å². The summed E-state index contributed by atoms with van der Waals surface area (Å²) in [5.74, 6) is -1.89. The molecule has 0 fully saturated rings. The van der Waals surface area contributed by atoms with Crippen LogP contribution in [0.1, 0.15) is 5.56 Å². The fourth-order valence-electron chi connectivity index (χ4n) is 1.23. The van der Waals surface area contributed by atoms with E-state index in [9.17, 15) is 23.7 Å². The van der Waals surface area contributed by atoms with E-state index >= 15 is 0 Å². The number of carboxylic acid groups (broad SMARTS) is 1. The second-order valence-electron chi connectivity index (χ2n) is 3.12. The number of alkyl halides is 2. The van der Waals surface area contributed by atoms with Crippen LogP contribution >= 0.6 is 11.6 Å². The monoisotopic (exact) mass is 281 g/mol. The number of nitro groups is 1. The van der Waals surface area contributed by atoms with E-state index in [1.807, 2.05) is 0 Å². The normalized spacial score (nSPS) is 10.4. The molecular formula is C9H6ClF2NO5. The molecule has 0 aromatic heterocycles. The van der Waals surface area contributed by atoms with Crippen LogP contribution < -0.4 is 4.74 Å². The highest BCUT2D eigenvalue weighted by Crippen LogP contribution is 2.33. The topological polar surface area (TPSA) is 89.7 Å². The SMILES string of the molecule is O=C(O)Cc1cc(Cl)c([N+](=O)[O-])cc1OC(F)F. The summed E-state index contributed by atoms with van der Waals surface area (Å²) >= 11 is 5.54. The van der Waals surface area contributed by atoms with Gasteiger partial charge in [-0.15, -0.1) is 0 Å². The fourth-order valence-corrected chi connectivity index (χ4v) is 1.49. The number of benzene rings is 1. The van der Waals surface area contributed by atoms with E-state index < -0.39 is 35.4 Å². The molecule has 0 aliphatic carbocycles. The van der Waals surface area contributed by atoms with Gasteiger partial charge in [-0.1, -0.05) is 11.6 Å². The lowest BCUT2D eigenvalue weighted by molar-refractivity contribution is -0.384. The lowest BCUT2D eigenvalue weighted by Gasteiger charge is -2.09. The third-order valence-corrected chi connectivity index (χ3v) is 2.19. The number of hydrogen-bond donors (Lipinski definition) is 1. The minimum absolute atomic E-state index is 0.168. The van der Waals surface area contributed by atoms with Crippen molar-refractivity contribution in [1.82, 2.24) is 0 Å². The van der Waals surface area contributed by atoms with Gasteiger partial charge in [0.05, 0.1) is 17.4 Å². The Kier molecular flexibility index (Phi) is 4.38. The van der Waals surface area contributed by atoms with Gasteiger partial charge in [0.25, 0.3) is 5.69 Å². The molecule has 1 aromatic rings. The lowest BCUT2D eigenvalue weighted by atomic mass is 10.1. The largest absolute Gasteiger partial charge is 0.481 e. The molecule has 1 rings (SSSR count).